The zero-order valence-corrected chi connectivity index (χ0v) is 22.0. The predicted molar refractivity (Wildman–Crippen MR) is 112 cm³/mol. The first-order valence-corrected chi connectivity index (χ1v) is 12.3. The number of hydrogen-bond acceptors (Lipinski definition) is 8. The average Bonchev–Trinajstić information content (AvgIpc) is 2.68. The molecule has 0 atom stereocenters. The first-order valence-electron chi connectivity index (χ1n) is 11.0. The van der Waals surface area contributed by atoms with Gasteiger partial charge in [-0.15, -0.1) is 0 Å². The van der Waals surface area contributed by atoms with Gasteiger partial charge in [-0.25, -0.2) is 18.0 Å². The topological polar surface area (TPSA) is 119 Å². The summed E-state index contributed by atoms with van der Waals surface area (Å²) in [6.45, 7) is 2.04. The van der Waals surface area contributed by atoms with Gasteiger partial charge in [-0.05, 0) is 6.42 Å². The smallest absolute Gasteiger partial charge is 0.726 e. The Morgan fingerprint density at radius 1 is 0.677 bits per heavy atom. The van der Waals surface area contributed by atoms with Gasteiger partial charge in [-0.3, -0.25) is 4.18 Å². The number of rotatable bonds is 20. The van der Waals surface area contributed by atoms with Crippen molar-refractivity contribution in [2.45, 2.75) is 90.4 Å². The van der Waals surface area contributed by atoms with Gasteiger partial charge >= 0.3 is 41.5 Å². The van der Waals surface area contributed by atoms with Crippen molar-refractivity contribution in [2.24, 2.45) is 0 Å². The summed E-state index contributed by atoms with van der Waals surface area (Å²) in [7, 11) is -4.74. The second kappa shape index (κ2) is 22.7. The molecule has 0 aromatic carbocycles. The molecule has 0 radical (unpaired) electrons. The summed E-state index contributed by atoms with van der Waals surface area (Å²) in [5, 5.41) is 0. The van der Waals surface area contributed by atoms with Gasteiger partial charge in [0.05, 0.1) is 19.8 Å². The van der Waals surface area contributed by atoms with Crippen LogP contribution in [0.4, 0.5) is 0 Å². The van der Waals surface area contributed by atoms with Crippen molar-refractivity contribution >= 4 is 22.3 Å². The summed E-state index contributed by atoms with van der Waals surface area (Å²) >= 11 is 0. The molecule has 0 rings (SSSR count). The van der Waals surface area contributed by atoms with E-state index in [1.807, 2.05) is 0 Å². The van der Waals surface area contributed by atoms with E-state index in [0.717, 1.165) is 31.4 Å². The van der Waals surface area contributed by atoms with E-state index in [1.54, 1.807) is 0 Å². The third kappa shape index (κ3) is 27.5. The SMILES string of the molecule is CCCCCCCCCCCCCCOC(=O)/C=C\C(=O)OCCCOS(=O)(=O)[O-].[Na+]. The molecule has 0 saturated carbocycles. The van der Waals surface area contributed by atoms with Crippen LogP contribution in [0.3, 0.4) is 0 Å². The van der Waals surface area contributed by atoms with Gasteiger partial charge in [0.25, 0.3) is 0 Å². The third-order valence-corrected chi connectivity index (χ3v) is 4.81. The zero-order valence-electron chi connectivity index (χ0n) is 19.1. The molecule has 0 aliphatic rings. The van der Waals surface area contributed by atoms with Gasteiger partial charge in [0, 0.05) is 18.6 Å². The minimum atomic E-state index is -4.74. The fourth-order valence-electron chi connectivity index (χ4n) is 2.74. The Morgan fingerprint density at radius 2 is 1.06 bits per heavy atom. The van der Waals surface area contributed by atoms with Crippen LogP contribution in [0.2, 0.25) is 0 Å². The Morgan fingerprint density at radius 3 is 1.48 bits per heavy atom. The van der Waals surface area contributed by atoms with E-state index in [-0.39, 0.29) is 49.2 Å². The molecule has 0 aromatic heterocycles. The number of esters is 2. The summed E-state index contributed by atoms with van der Waals surface area (Å²) in [6, 6.07) is 0. The van der Waals surface area contributed by atoms with E-state index in [9.17, 15) is 22.6 Å². The Balaban J connectivity index is 0. The van der Waals surface area contributed by atoms with E-state index < -0.39 is 22.3 Å². The molecule has 0 spiro atoms. The molecule has 0 heterocycles. The van der Waals surface area contributed by atoms with Crippen LogP contribution in [0, 0.1) is 0 Å². The molecule has 176 valence electrons. The molecule has 0 aromatic rings. The Kier molecular flexibility index (Phi) is 24.0. The van der Waals surface area contributed by atoms with Gasteiger partial charge in [-0.2, -0.15) is 0 Å². The minimum absolute atomic E-state index is 0. The molecule has 0 aliphatic heterocycles. The summed E-state index contributed by atoms with van der Waals surface area (Å²) in [4.78, 5) is 22.9. The summed E-state index contributed by atoms with van der Waals surface area (Å²) in [6.07, 6.45) is 16.7. The molecule has 8 nitrogen and oxygen atoms in total. The van der Waals surface area contributed by atoms with Gasteiger partial charge in [0.15, 0.2) is 0 Å². The standard InChI is InChI=1S/C21H38O8S.Na/c1-2-3-4-5-6-7-8-9-10-11-12-13-17-27-20(22)15-16-21(23)28-18-14-19-29-30(24,25)26;/h15-16H,2-14,17-19H2,1H3,(H,24,25,26);/q;+1/p-1/b16-15-;. The van der Waals surface area contributed by atoms with Gasteiger partial charge < -0.3 is 14.0 Å². The van der Waals surface area contributed by atoms with Crippen LogP contribution < -0.4 is 29.6 Å². The molecule has 0 N–H and O–H groups in total. The first-order chi connectivity index (χ1) is 14.3. The second-order valence-corrected chi connectivity index (χ2v) is 8.19. The van der Waals surface area contributed by atoms with Crippen molar-refractivity contribution in [3.05, 3.63) is 12.2 Å². The number of hydrogen-bond donors (Lipinski definition) is 0. The molecule has 31 heavy (non-hydrogen) atoms. The van der Waals surface area contributed by atoms with Crippen LogP contribution >= 0.6 is 0 Å². The van der Waals surface area contributed by atoms with E-state index >= 15 is 0 Å². The Hall–Kier alpha value is -0.450. The molecule has 10 heteroatoms. The monoisotopic (exact) mass is 472 g/mol. The largest absolute Gasteiger partial charge is 1.00 e. The van der Waals surface area contributed by atoms with Crippen molar-refractivity contribution in [3.63, 3.8) is 0 Å². The van der Waals surface area contributed by atoms with E-state index in [2.05, 4.69) is 11.1 Å². The Labute approximate surface area is 209 Å². The summed E-state index contributed by atoms with van der Waals surface area (Å²) in [5.74, 6) is -1.38. The van der Waals surface area contributed by atoms with Crippen LogP contribution in [-0.2, 0) is 33.6 Å². The molecule has 0 unspecified atom stereocenters. The number of unbranched alkanes of at least 4 members (excludes halogenated alkanes) is 11. The number of ether oxygens (including phenoxy) is 2. The van der Waals surface area contributed by atoms with Crippen LogP contribution in [-0.4, -0.2) is 44.7 Å². The molecule has 0 saturated heterocycles. The maximum Gasteiger partial charge on any atom is 1.00 e. The molecule has 0 fully saturated rings. The quantitative estimate of drug-likeness (QED) is 0.0648. The van der Waals surface area contributed by atoms with E-state index in [1.165, 1.54) is 57.8 Å². The fourth-order valence-corrected chi connectivity index (χ4v) is 3.06. The maximum atomic E-state index is 11.5. The van der Waals surface area contributed by atoms with Crippen LogP contribution in [0.1, 0.15) is 90.4 Å². The van der Waals surface area contributed by atoms with Crippen LogP contribution in [0.5, 0.6) is 0 Å². The van der Waals surface area contributed by atoms with Crippen molar-refractivity contribution in [2.75, 3.05) is 19.8 Å². The number of carbonyl (C=O) groups is 2. The van der Waals surface area contributed by atoms with E-state index in [0.29, 0.717) is 6.61 Å². The van der Waals surface area contributed by atoms with Crippen molar-refractivity contribution in [1.82, 2.24) is 0 Å². The fraction of sp³-hybridized carbons (Fsp3) is 0.810. The minimum Gasteiger partial charge on any atom is -0.726 e. The van der Waals surface area contributed by atoms with E-state index in [4.69, 9.17) is 9.47 Å². The average molecular weight is 473 g/mol. The second-order valence-electron chi connectivity index (χ2n) is 7.14. The molecule has 0 amide bonds. The third-order valence-electron chi connectivity index (χ3n) is 4.36. The van der Waals surface area contributed by atoms with Gasteiger partial charge in [-0.1, -0.05) is 77.6 Å². The normalized spacial score (nSPS) is 11.3. The maximum absolute atomic E-state index is 11.5. The Bertz CT molecular complexity index is 578. The van der Waals surface area contributed by atoms with Gasteiger partial charge in [0.1, 0.15) is 0 Å². The van der Waals surface area contributed by atoms with Gasteiger partial charge in [0.2, 0.25) is 10.4 Å². The van der Waals surface area contributed by atoms with Crippen molar-refractivity contribution in [1.29, 1.82) is 0 Å². The summed E-state index contributed by atoms with van der Waals surface area (Å²) in [5.41, 5.74) is 0. The van der Waals surface area contributed by atoms with Crippen LogP contribution in [0.15, 0.2) is 12.2 Å². The first kappa shape index (κ1) is 32.7. The number of carbonyl (C=O) groups excluding carboxylic acids is 2. The molecular weight excluding hydrogens is 435 g/mol. The van der Waals surface area contributed by atoms with Crippen molar-refractivity contribution in [3.8, 4) is 0 Å². The molecule has 0 bridgehead atoms. The summed E-state index contributed by atoms with van der Waals surface area (Å²) < 4.78 is 44.3. The van der Waals surface area contributed by atoms with Crippen molar-refractivity contribution < 1.29 is 65.8 Å². The zero-order chi connectivity index (χ0) is 22.5. The predicted octanol–water partition coefficient (Wildman–Crippen LogP) is 1.20. The van der Waals surface area contributed by atoms with Crippen LogP contribution in [0.25, 0.3) is 0 Å². The molecular formula is C21H37NaO8S. The molecule has 0 aliphatic carbocycles.